The normalized spacial score (nSPS) is 13.2. The molecule has 20 heavy (non-hydrogen) atoms. The third-order valence-corrected chi connectivity index (χ3v) is 3.68. The fraction of sp³-hybridized carbons (Fsp3) is 0.588. The Balaban J connectivity index is 5.24. The maximum Gasteiger partial charge on any atom is 0.255 e. The molecule has 0 heterocycles. The van der Waals surface area contributed by atoms with E-state index in [1.54, 1.807) is 6.20 Å². The summed E-state index contributed by atoms with van der Waals surface area (Å²) in [5.41, 5.74) is 1.15. The predicted molar refractivity (Wildman–Crippen MR) is 86.8 cm³/mol. The maximum absolute atomic E-state index is 8.64. The van der Waals surface area contributed by atoms with Crippen LogP contribution in [0.3, 0.4) is 0 Å². The zero-order valence-electron chi connectivity index (χ0n) is 13.2. The van der Waals surface area contributed by atoms with Crippen LogP contribution in [0.25, 0.3) is 0 Å². The standard InChI is InChI=1S/C17H29NO2/c1-6-10-12-17(5,13-11-7-2)15(8-3)14-18-16(9-4)20-19/h8-9,14,19H,3-4,6-7,10-13H2,1-2,5H3/b15-14+,18-16?. The van der Waals surface area contributed by atoms with Gasteiger partial charge in [-0.3, -0.25) is 0 Å². The molecule has 0 radical (unpaired) electrons. The fourth-order valence-electron chi connectivity index (χ4n) is 2.25. The van der Waals surface area contributed by atoms with Gasteiger partial charge in [0.15, 0.2) is 0 Å². The van der Waals surface area contributed by atoms with Crippen molar-refractivity contribution in [2.45, 2.75) is 59.3 Å². The van der Waals surface area contributed by atoms with Gasteiger partial charge < -0.3 is 4.89 Å². The molecular weight excluding hydrogens is 250 g/mol. The summed E-state index contributed by atoms with van der Waals surface area (Å²) in [6.07, 6.45) is 11.9. The number of rotatable bonds is 10. The van der Waals surface area contributed by atoms with E-state index in [1.165, 1.54) is 31.8 Å². The van der Waals surface area contributed by atoms with E-state index in [9.17, 15) is 0 Å². The predicted octanol–water partition coefficient (Wildman–Crippen LogP) is 5.52. The molecule has 0 aromatic heterocycles. The topological polar surface area (TPSA) is 41.8 Å². The molecule has 0 aromatic carbocycles. The average molecular weight is 279 g/mol. The third-order valence-electron chi connectivity index (χ3n) is 3.68. The average Bonchev–Trinajstić information content (AvgIpc) is 2.47. The molecule has 0 unspecified atom stereocenters. The summed E-state index contributed by atoms with van der Waals surface area (Å²) >= 11 is 0. The van der Waals surface area contributed by atoms with E-state index < -0.39 is 0 Å². The lowest BCUT2D eigenvalue weighted by Crippen LogP contribution is -2.18. The van der Waals surface area contributed by atoms with E-state index >= 15 is 0 Å². The highest BCUT2D eigenvalue weighted by molar-refractivity contribution is 5.86. The van der Waals surface area contributed by atoms with Crippen LogP contribution in [0.15, 0.2) is 42.1 Å². The van der Waals surface area contributed by atoms with Crippen LogP contribution in [0.4, 0.5) is 0 Å². The minimum absolute atomic E-state index is 0.0685. The molecule has 0 aliphatic carbocycles. The molecule has 114 valence electrons. The second-order valence-corrected chi connectivity index (χ2v) is 5.32. The summed E-state index contributed by atoms with van der Waals surface area (Å²) < 4.78 is 0. The second kappa shape index (κ2) is 10.4. The summed E-state index contributed by atoms with van der Waals surface area (Å²) in [6, 6.07) is 0. The first kappa shape index (κ1) is 18.7. The van der Waals surface area contributed by atoms with Crippen molar-refractivity contribution in [1.82, 2.24) is 0 Å². The number of aliphatic imine (C=N–C) groups is 1. The van der Waals surface area contributed by atoms with Gasteiger partial charge in [-0.2, -0.15) is 0 Å². The smallest absolute Gasteiger partial charge is 0.255 e. The minimum Gasteiger partial charge on any atom is -0.320 e. The SMILES string of the molecule is C=CC(=N/C=C(\C=C)C(C)(CCCC)CCCC)OO. The van der Waals surface area contributed by atoms with Crippen LogP contribution in [-0.2, 0) is 4.89 Å². The number of allylic oxidation sites excluding steroid dienone is 2. The number of hydrogen-bond donors (Lipinski definition) is 1. The summed E-state index contributed by atoms with van der Waals surface area (Å²) in [5, 5.41) is 8.64. The van der Waals surface area contributed by atoms with Crippen molar-refractivity contribution >= 4 is 5.90 Å². The first-order valence-electron chi connectivity index (χ1n) is 7.42. The number of hydrogen-bond acceptors (Lipinski definition) is 3. The minimum atomic E-state index is 0.0685. The lowest BCUT2D eigenvalue weighted by molar-refractivity contribution is -0.153. The Kier molecular flexibility index (Phi) is 9.73. The largest absolute Gasteiger partial charge is 0.320 e. The summed E-state index contributed by atoms with van der Waals surface area (Å²) in [4.78, 5) is 8.23. The molecule has 0 aliphatic rings. The highest BCUT2D eigenvalue weighted by atomic mass is 17.1. The van der Waals surface area contributed by atoms with Crippen LogP contribution in [0.1, 0.15) is 59.3 Å². The van der Waals surface area contributed by atoms with E-state index in [0.717, 1.165) is 18.4 Å². The van der Waals surface area contributed by atoms with E-state index in [-0.39, 0.29) is 11.3 Å². The summed E-state index contributed by atoms with van der Waals surface area (Å²) in [5.74, 6) is 0.0951. The Hall–Kier alpha value is -1.35. The quantitative estimate of drug-likeness (QED) is 0.188. The zero-order chi connectivity index (χ0) is 15.4. The molecule has 0 amide bonds. The van der Waals surface area contributed by atoms with Crippen LogP contribution < -0.4 is 0 Å². The molecule has 0 rings (SSSR count). The second-order valence-electron chi connectivity index (χ2n) is 5.32. The van der Waals surface area contributed by atoms with Crippen LogP contribution in [0.2, 0.25) is 0 Å². The van der Waals surface area contributed by atoms with Gasteiger partial charge in [0.05, 0.1) is 0 Å². The Morgan fingerprint density at radius 2 is 1.70 bits per heavy atom. The van der Waals surface area contributed by atoms with Gasteiger partial charge in [0.1, 0.15) is 0 Å². The highest BCUT2D eigenvalue weighted by Gasteiger charge is 2.26. The monoisotopic (exact) mass is 279 g/mol. The fourth-order valence-corrected chi connectivity index (χ4v) is 2.25. The molecule has 1 N–H and O–H groups in total. The maximum atomic E-state index is 8.64. The molecule has 0 aliphatic heterocycles. The molecule has 0 spiro atoms. The van der Waals surface area contributed by atoms with Crippen molar-refractivity contribution in [3.8, 4) is 0 Å². The van der Waals surface area contributed by atoms with E-state index in [0.29, 0.717) is 0 Å². The molecular formula is C17H29NO2. The Morgan fingerprint density at radius 3 is 2.05 bits per heavy atom. The molecule has 0 atom stereocenters. The molecule has 3 heteroatoms. The number of nitrogens with zero attached hydrogens (tertiary/aromatic N) is 1. The van der Waals surface area contributed by atoms with Crippen molar-refractivity contribution in [2.24, 2.45) is 10.4 Å². The van der Waals surface area contributed by atoms with Gasteiger partial charge >= 0.3 is 0 Å². The van der Waals surface area contributed by atoms with Crippen molar-refractivity contribution in [3.63, 3.8) is 0 Å². The highest BCUT2D eigenvalue weighted by Crippen LogP contribution is 2.38. The van der Waals surface area contributed by atoms with Crippen molar-refractivity contribution in [3.05, 3.63) is 37.1 Å². The summed E-state index contributed by atoms with van der Waals surface area (Å²) in [7, 11) is 0. The van der Waals surface area contributed by atoms with Crippen molar-refractivity contribution in [1.29, 1.82) is 0 Å². The molecule has 0 fully saturated rings. The molecule has 0 aromatic rings. The van der Waals surface area contributed by atoms with Crippen LogP contribution in [-0.4, -0.2) is 11.2 Å². The van der Waals surface area contributed by atoms with Gasteiger partial charge in [0, 0.05) is 6.20 Å². The van der Waals surface area contributed by atoms with Crippen molar-refractivity contribution < 1.29 is 10.1 Å². The lowest BCUT2D eigenvalue weighted by atomic mass is 9.74. The van der Waals surface area contributed by atoms with Crippen LogP contribution >= 0.6 is 0 Å². The zero-order valence-corrected chi connectivity index (χ0v) is 13.2. The van der Waals surface area contributed by atoms with Gasteiger partial charge in [0.2, 0.25) is 0 Å². The van der Waals surface area contributed by atoms with Gasteiger partial charge in [-0.25, -0.2) is 10.2 Å². The molecule has 3 nitrogen and oxygen atoms in total. The van der Waals surface area contributed by atoms with Crippen LogP contribution in [0, 0.1) is 5.41 Å². The van der Waals surface area contributed by atoms with Gasteiger partial charge in [-0.15, -0.1) is 0 Å². The Labute approximate surface area is 123 Å². The Bertz CT molecular complexity index is 348. The van der Waals surface area contributed by atoms with Gasteiger partial charge in [-0.1, -0.05) is 65.7 Å². The van der Waals surface area contributed by atoms with Gasteiger partial charge in [-0.05, 0) is 29.9 Å². The molecule has 0 saturated carbocycles. The van der Waals surface area contributed by atoms with Gasteiger partial charge in [0.25, 0.3) is 5.90 Å². The molecule has 0 bridgehead atoms. The van der Waals surface area contributed by atoms with Crippen molar-refractivity contribution in [2.75, 3.05) is 0 Å². The Morgan fingerprint density at radius 1 is 1.15 bits per heavy atom. The molecule has 0 saturated heterocycles. The lowest BCUT2D eigenvalue weighted by Gasteiger charge is -2.31. The first-order chi connectivity index (χ1) is 9.57. The van der Waals surface area contributed by atoms with Crippen LogP contribution in [0.5, 0.6) is 0 Å². The summed E-state index contributed by atoms with van der Waals surface area (Å²) in [6.45, 7) is 14.1. The van der Waals surface area contributed by atoms with E-state index in [4.69, 9.17) is 5.26 Å². The third kappa shape index (κ3) is 6.20. The number of unbranched alkanes of at least 4 members (excludes halogenated alkanes) is 2. The van der Waals surface area contributed by atoms with E-state index in [2.05, 4.69) is 43.8 Å². The van der Waals surface area contributed by atoms with E-state index in [1.807, 2.05) is 6.08 Å². The first-order valence-corrected chi connectivity index (χ1v) is 7.42.